The molecule has 3 rings (SSSR count). The lowest BCUT2D eigenvalue weighted by atomic mass is 9.94. The highest BCUT2D eigenvalue weighted by Gasteiger charge is 2.31. The highest BCUT2D eigenvalue weighted by atomic mass is 79.9. The van der Waals surface area contributed by atoms with Crippen molar-refractivity contribution in [3.63, 3.8) is 0 Å². The van der Waals surface area contributed by atoms with Crippen LogP contribution >= 0.6 is 15.9 Å². The molecule has 0 saturated carbocycles. The molecule has 0 bridgehead atoms. The molecule has 0 N–H and O–H groups in total. The van der Waals surface area contributed by atoms with Gasteiger partial charge in [0.15, 0.2) is 0 Å². The third kappa shape index (κ3) is 3.95. The van der Waals surface area contributed by atoms with Crippen molar-refractivity contribution >= 4 is 27.7 Å². The first-order valence-corrected chi connectivity index (χ1v) is 8.96. The molecule has 130 valence electrons. The smallest absolute Gasteiger partial charge is 0.253 e. The van der Waals surface area contributed by atoms with Crippen LogP contribution in [0.15, 0.2) is 22.7 Å². The summed E-state index contributed by atoms with van der Waals surface area (Å²) in [6.07, 6.45) is 1.30. The van der Waals surface area contributed by atoms with Crippen molar-refractivity contribution in [2.24, 2.45) is 5.92 Å². The minimum Gasteiger partial charge on any atom is -0.378 e. The summed E-state index contributed by atoms with van der Waals surface area (Å²) in [5.41, 5.74) is 0.333. The van der Waals surface area contributed by atoms with Gasteiger partial charge in [0.05, 0.1) is 13.2 Å². The lowest BCUT2D eigenvalue weighted by Crippen LogP contribution is -2.47. The monoisotopic (exact) mass is 398 g/mol. The number of rotatable bonds is 2. The molecule has 2 aliphatic heterocycles. The molecule has 1 aromatic carbocycles. The summed E-state index contributed by atoms with van der Waals surface area (Å²) >= 11 is 3.21. The second-order valence-corrected chi connectivity index (χ2v) is 7.08. The molecule has 2 fully saturated rings. The van der Waals surface area contributed by atoms with Gasteiger partial charge in [-0.2, -0.15) is 0 Å². The first-order chi connectivity index (χ1) is 11.5. The van der Waals surface area contributed by atoms with E-state index in [-0.39, 0.29) is 17.7 Å². The van der Waals surface area contributed by atoms with Crippen molar-refractivity contribution < 1.29 is 18.7 Å². The van der Waals surface area contributed by atoms with Gasteiger partial charge in [0.1, 0.15) is 5.82 Å². The zero-order chi connectivity index (χ0) is 17.1. The van der Waals surface area contributed by atoms with Gasteiger partial charge in [0.2, 0.25) is 5.91 Å². The van der Waals surface area contributed by atoms with Crippen LogP contribution in [-0.2, 0) is 9.53 Å². The summed E-state index contributed by atoms with van der Waals surface area (Å²) in [5, 5.41) is 0. The predicted molar refractivity (Wildman–Crippen MR) is 90.1 cm³/mol. The number of morpholine rings is 1. The molecule has 0 aromatic heterocycles. The van der Waals surface area contributed by atoms with Gasteiger partial charge >= 0.3 is 0 Å². The topological polar surface area (TPSA) is 49.9 Å². The summed E-state index contributed by atoms with van der Waals surface area (Å²) in [4.78, 5) is 28.6. The van der Waals surface area contributed by atoms with Gasteiger partial charge in [0, 0.05) is 42.1 Å². The Hall–Kier alpha value is -1.47. The number of likely N-dealkylation sites (tertiary alicyclic amines) is 1. The lowest BCUT2D eigenvalue weighted by Gasteiger charge is -2.35. The van der Waals surface area contributed by atoms with Gasteiger partial charge in [-0.15, -0.1) is 0 Å². The molecule has 0 unspecified atom stereocenters. The maximum absolute atomic E-state index is 13.5. The lowest BCUT2D eigenvalue weighted by molar-refractivity contribution is -0.141. The Morgan fingerprint density at radius 3 is 2.33 bits per heavy atom. The van der Waals surface area contributed by atoms with Crippen molar-refractivity contribution in [2.45, 2.75) is 12.8 Å². The summed E-state index contributed by atoms with van der Waals surface area (Å²) in [6, 6.07) is 4.19. The third-order valence-electron chi connectivity index (χ3n) is 4.56. The molecule has 24 heavy (non-hydrogen) atoms. The van der Waals surface area contributed by atoms with E-state index >= 15 is 0 Å². The maximum Gasteiger partial charge on any atom is 0.253 e. The van der Waals surface area contributed by atoms with E-state index in [0.717, 1.165) is 0 Å². The van der Waals surface area contributed by atoms with E-state index < -0.39 is 5.82 Å². The van der Waals surface area contributed by atoms with Crippen LogP contribution in [0, 0.1) is 11.7 Å². The number of ether oxygens (including phenoxy) is 1. The van der Waals surface area contributed by atoms with Gasteiger partial charge in [-0.25, -0.2) is 4.39 Å². The first kappa shape index (κ1) is 17.4. The van der Waals surface area contributed by atoms with Crippen LogP contribution in [0.2, 0.25) is 0 Å². The molecule has 0 atom stereocenters. The van der Waals surface area contributed by atoms with Crippen molar-refractivity contribution in [2.75, 3.05) is 39.4 Å². The van der Waals surface area contributed by atoms with E-state index in [9.17, 15) is 14.0 Å². The minimum atomic E-state index is -0.440. The van der Waals surface area contributed by atoms with E-state index in [1.165, 1.54) is 12.1 Å². The molecule has 2 aliphatic rings. The molecule has 7 heteroatoms. The van der Waals surface area contributed by atoms with Gasteiger partial charge in [-0.05, 0) is 31.0 Å². The van der Waals surface area contributed by atoms with Crippen molar-refractivity contribution in [3.8, 4) is 0 Å². The van der Waals surface area contributed by atoms with Crippen LogP contribution in [0.5, 0.6) is 0 Å². The van der Waals surface area contributed by atoms with Crippen LogP contribution < -0.4 is 0 Å². The fourth-order valence-electron chi connectivity index (χ4n) is 3.23. The van der Waals surface area contributed by atoms with Gasteiger partial charge in [0.25, 0.3) is 5.91 Å². The SMILES string of the molecule is O=C(c1cc(F)cc(Br)c1)N1CCC(C(=O)N2CCOCC2)CC1. The van der Waals surface area contributed by atoms with Crippen LogP contribution in [-0.4, -0.2) is 61.0 Å². The molecule has 0 spiro atoms. The average Bonchev–Trinajstić information content (AvgIpc) is 2.60. The first-order valence-electron chi connectivity index (χ1n) is 8.16. The number of hydrogen-bond donors (Lipinski definition) is 0. The van der Waals surface area contributed by atoms with Gasteiger partial charge in [-0.3, -0.25) is 9.59 Å². The number of benzene rings is 1. The number of halogens is 2. The zero-order valence-corrected chi connectivity index (χ0v) is 14.9. The second-order valence-electron chi connectivity index (χ2n) is 6.16. The van der Waals surface area contributed by atoms with Crippen molar-refractivity contribution in [1.29, 1.82) is 0 Å². The minimum absolute atomic E-state index is 0.0357. The average molecular weight is 399 g/mol. The standard InChI is InChI=1S/C17H20BrFN2O3/c18-14-9-13(10-15(19)11-14)17(23)20-3-1-12(2-4-20)16(22)21-5-7-24-8-6-21/h9-12H,1-8H2. The second kappa shape index (κ2) is 7.61. The van der Waals surface area contributed by atoms with Gasteiger partial charge < -0.3 is 14.5 Å². The summed E-state index contributed by atoms with van der Waals surface area (Å²) in [7, 11) is 0. The predicted octanol–water partition coefficient (Wildman–Crippen LogP) is 2.30. The fourth-order valence-corrected chi connectivity index (χ4v) is 3.70. The zero-order valence-electron chi connectivity index (χ0n) is 13.3. The Kier molecular flexibility index (Phi) is 5.50. The highest BCUT2D eigenvalue weighted by Crippen LogP contribution is 2.23. The summed E-state index contributed by atoms with van der Waals surface area (Å²) in [6.45, 7) is 3.53. The van der Waals surface area contributed by atoms with E-state index in [1.54, 1.807) is 11.0 Å². The summed E-state index contributed by atoms with van der Waals surface area (Å²) in [5.74, 6) is -0.497. The van der Waals surface area contributed by atoms with Crippen LogP contribution in [0.1, 0.15) is 23.2 Å². The fraction of sp³-hybridized carbons (Fsp3) is 0.529. The van der Waals surface area contributed by atoms with Gasteiger partial charge in [-0.1, -0.05) is 15.9 Å². The normalized spacial score (nSPS) is 19.4. The Morgan fingerprint density at radius 1 is 1.04 bits per heavy atom. The highest BCUT2D eigenvalue weighted by molar-refractivity contribution is 9.10. The number of piperidine rings is 1. The number of nitrogens with zero attached hydrogens (tertiary/aromatic N) is 2. The number of carbonyl (C=O) groups excluding carboxylic acids is 2. The number of hydrogen-bond acceptors (Lipinski definition) is 3. The van der Waals surface area contributed by atoms with E-state index in [4.69, 9.17) is 4.74 Å². The number of carbonyl (C=O) groups is 2. The Bertz CT molecular complexity index is 606. The molecule has 5 nitrogen and oxygen atoms in total. The van der Waals surface area contributed by atoms with Crippen LogP contribution in [0.25, 0.3) is 0 Å². The molecular weight excluding hydrogens is 379 g/mol. The van der Waals surface area contributed by atoms with Crippen LogP contribution in [0.4, 0.5) is 4.39 Å². The molecule has 2 heterocycles. The Balaban J connectivity index is 1.58. The third-order valence-corrected chi connectivity index (χ3v) is 5.02. The van der Waals surface area contributed by atoms with E-state index in [2.05, 4.69) is 15.9 Å². The Morgan fingerprint density at radius 2 is 1.71 bits per heavy atom. The summed E-state index contributed by atoms with van der Waals surface area (Å²) < 4.78 is 19.3. The largest absolute Gasteiger partial charge is 0.378 e. The van der Waals surface area contributed by atoms with Crippen molar-refractivity contribution in [3.05, 3.63) is 34.1 Å². The van der Waals surface area contributed by atoms with Crippen molar-refractivity contribution in [1.82, 2.24) is 9.80 Å². The molecule has 0 aliphatic carbocycles. The van der Waals surface area contributed by atoms with E-state index in [1.807, 2.05) is 4.90 Å². The molecule has 0 radical (unpaired) electrons. The molecule has 2 amide bonds. The number of amides is 2. The van der Waals surface area contributed by atoms with E-state index in [0.29, 0.717) is 62.3 Å². The molecular formula is C17H20BrFN2O3. The molecule has 1 aromatic rings. The molecule has 2 saturated heterocycles. The van der Waals surface area contributed by atoms with Crippen LogP contribution in [0.3, 0.4) is 0 Å². The maximum atomic E-state index is 13.5. The Labute approximate surface area is 148 Å². The quantitative estimate of drug-likeness (QED) is 0.767.